The summed E-state index contributed by atoms with van der Waals surface area (Å²) in [5.74, 6) is 0. The second-order valence-corrected chi connectivity index (χ2v) is 2.31. The van der Waals surface area contributed by atoms with Gasteiger partial charge in [-0.1, -0.05) is 0 Å². The van der Waals surface area contributed by atoms with Crippen molar-refractivity contribution in [3.63, 3.8) is 0 Å². The third-order valence-electron chi connectivity index (χ3n) is 1.33. The number of hydrazine groups is 1. The van der Waals surface area contributed by atoms with Gasteiger partial charge in [-0.15, -0.1) is 0 Å². The molecule has 1 heterocycles. The highest BCUT2D eigenvalue weighted by atomic mass is 19.4. The van der Waals surface area contributed by atoms with Gasteiger partial charge in [0, 0.05) is 6.20 Å². The molecule has 0 aliphatic rings. The Hall–Kier alpha value is -1.79. The molecule has 4 nitrogen and oxygen atoms in total. The Labute approximate surface area is 77.1 Å². The summed E-state index contributed by atoms with van der Waals surface area (Å²) in [5, 5.41) is 0. The van der Waals surface area contributed by atoms with Crippen molar-refractivity contribution in [3.8, 4) is 0 Å². The van der Waals surface area contributed by atoms with Crippen LogP contribution in [-0.2, 0) is 11.0 Å². The molecule has 1 aromatic heterocycles. The number of alkyl halides is 3. The van der Waals surface area contributed by atoms with Crippen molar-refractivity contribution in [1.29, 1.82) is 0 Å². The molecule has 7 heteroatoms. The first-order valence-electron chi connectivity index (χ1n) is 3.52. The second-order valence-electron chi connectivity index (χ2n) is 2.31. The van der Waals surface area contributed by atoms with E-state index in [1.807, 2.05) is 5.43 Å². The lowest BCUT2D eigenvalue weighted by Gasteiger charge is -2.08. The molecular weight excluding hydrogens is 199 g/mol. The second kappa shape index (κ2) is 3.95. The van der Waals surface area contributed by atoms with E-state index < -0.39 is 11.9 Å². The lowest BCUT2D eigenvalue weighted by atomic mass is 10.3. The Morgan fingerprint density at radius 3 is 2.71 bits per heavy atom. The highest BCUT2D eigenvalue weighted by Gasteiger charge is 2.32. The van der Waals surface area contributed by atoms with Gasteiger partial charge in [0.25, 0.3) is 0 Å². The van der Waals surface area contributed by atoms with E-state index in [2.05, 4.69) is 10.4 Å². The minimum atomic E-state index is -4.49. The van der Waals surface area contributed by atoms with Crippen molar-refractivity contribution in [2.24, 2.45) is 0 Å². The molecule has 14 heavy (non-hydrogen) atoms. The van der Waals surface area contributed by atoms with Crippen LogP contribution in [-0.4, -0.2) is 11.4 Å². The topological polar surface area (TPSA) is 54.0 Å². The van der Waals surface area contributed by atoms with Gasteiger partial charge in [0.2, 0.25) is 6.41 Å². The van der Waals surface area contributed by atoms with E-state index in [1.165, 1.54) is 6.07 Å². The van der Waals surface area contributed by atoms with Crippen molar-refractivity contribution in [3.05, 3.63) is 24.0 Å². The molecule has 0 aliphatic heterocycles. The minimum absolute atomic E-state index is 0.111. The number of rotatable bonds is 3. The maximum absolute atomic E-state index is 12.1. The molecule has 0 bridgehead atoms. The number of halogens is 3. The predicted molar refractivity (Wildman–Crippen MR) is 42.1 cm³/mol. The molecule has 1 aromatic rings. The van der Waals surface area contributed by atoms with E-state index in [0.29, 0.717) is 6.41 Å². The van der Waals surface area contributed by atoms with E-state index in [-0.39, 0.29) is 5.69 Å². The molecule has 0 atom stereocenters. The minimum Gasteiger partial charge on any atom is -0.299 e. The van der Waals surface area contributed by atoms with E-state index in [1.54, 1.807) is 0 Å². The highest BCUT2D eigenvalue weighted by Crippen LogP contribution is 2.28. The third-order valence-corrected chi connectivity index (χ3v) is 1.33. The average Bonchev–Trinajstić information content (AvgIpc) is 2.14. The Morgan fingerprint density at radius 2 is 2.14 bits per heavy atom. The van der Waals surface area contributed by atoms with E-state index in [4.69, 9.17) is 0 Å². The summed E-state index contributed by atoms with van der Waals surface area (Å²) < 4.78 is 36.3. The van der Waals surface area contributed by atoms with Crippen molar-refractivity contribution >= 4 is 12.1 Å². The molecule has 0 spiro atoms. The van der Waals surface area contributed by atoms with Crippen LogP contribution in [0.3, 0.4) is 0 Å². The fourth-order valence-electron chi connectivity index (χ4n) is 0.776. The summed E-state index contributed by atoms with van der Waals surface area (Å²) in [7, 11) is 0. The van der Waals surface area contributed by atoms with Gasteiger partial charge in [-0.05, 0) is 12.1 Å². The van der Waals surface area contributed by atoms with Gasteiger partial charge in [-0.25, -0.2) is 0 Å². The fourth-order valence-corrected chi connectivity index (χ4v) is 0.776. The number of hydrogen-bond acceptors (Lipinski definition) is 3. The van der Waals surface area contributed by atoms with E-state index >= 15 is 0 Å². The Kier molecular flexibility index (Phi) is 2.90. The molecule has 76 valence electrons. The SMILES string of the molecule is O=CNNc1ccnc(C(F)(F)F)c1. The standard InChI is InChI=1S/C7H6F3N3O/c8-7(9,10)6-3-5(1-2-11-6)13-12-4-14/h1-4H,(H,11,13)(H,12,14). The van der Waals surface area contributed by atoms with Crippen LogP contribution in [0.5, 0.6) is 0 Å². The van der Waals surface area contributed by atoms with Gasteiger partial charge in [0.05, 0.1) is 5.69 Å². The summed E-state index contributed by atoms with van der Waals surface area (Å²) in [6.07, 6.45) is -3.18. The number of amides is 1. The van der Waals surface area contributed by atoms with Crippen LogP contribution >= 0.6 is 0 Å². The molecule has 0 unspecified atom stereocenters. The Bertz CT molecular complexity index is 326. The molecule has 1 rings (SSSR count). The lowest BCUT2D eigenvalue weighted by Crippen LogP contribution is -2.19. The summed E-state index contributed by atoms with van der Waals surface area (Å²) in [5.41, 5.74) is 3.36. The van der Waals surface area contributed by atoms with Gasteiger partial charge in [0.15, 0.2) is 0 Å². The monoisotopic (exact) mass is 205 g/mol. The van der Waals surface area contributed by atoms with Gasteiger partial charge >= 0.3 is 6.18 Å². The molecule has 0 saturated carbocycles. The molecule has 1 amide bonds. The molecular formula is C7H6F3N3O. The van der Waals surface area contributed by atoms with Crippen LogP contribution in [0.25, 0.3) is 0 Å². The van der Waals surface area contributed by atoms with Gasteiger partial charge in [-0.3, -0.25) is 20.6 Å². The van der Waals surface area contributed by atoms with Crippen molar-refractivity contribution in [2.75, 3.05) is 5.43 Å². The van der Waals surface area contributed by atoms with Crippen LogP contribution < -0.4 is 10.9 Å². The molecule has 2 N–H and O–H groups in total. The number of carbonyl (C=O) groups excluding carboxylic acids is 1. The number of hydrogen-bond donors (Lipinski definition) is 2. The van der Waals surface area contributed by atoms with Crippen molar-refractivity contribution in [2.45, 2.75) is 6.18 Å². The summed E-state index contributed by atoms with van der Waals surface area (Å²) >= 11 is 0. The smallest absolute Gasteiger partial charge is 0.299 e. The van der Waals surface area contributed by atoms with Crippen molar-refractivity contribution in [1.82, 2.24) is 10.4 Å². The van der Waals surface area contributed by atoms with Gasteiger partial charge in [-0.2, -0.15) is 13.2 Å². The molecule has 0 radical (unpaired) electrons. The van der Waals surface area contributed by atoms with Gasteiger partial charge in [0.1, 0.15) is 5.69 Å². The first kappa shape index (κ1) is 10.3. The molecule has 0 aromatic carbocycles. The summed E-state index contributed by atoms with van der Waals surface area (Å²) in [6.45, 7) is 0. The third kappa shape index (κ3) is 2.61. The lowest BCUT2D eigenvalue weighted by molar-refractivity contribution is -0.141. The Morgan fingerprint density at radius 1 is 1.43 bits per heavy atom. The molecule has 0 aliphatic carbocycles. The number of nitrogens with zero attached hydrogens (tertiary/aromatic N) is 1. The zero-order chi connectivity index (χ0) is 10.6. The molecule has 0 fully saturated rings. The number of nitrogens with one attached hydrogen (secondary N) is 2. The van der Waals surface area contributed by atoms with Crippen LogP contribution in [0, 0.1) is 0 Å². The predicted octanol–water partition coefficient (Wildman–Crippen LogP) is 1.17. The number of pyridine rings is 1. The van der Waals surface area contributed by atoms with E-state index in [0.717, 1.165) is 12.3 Å². The zero-order valence-corrected chi connectivity index (χ0v) is 6.80. The number of aromatic nitrogens is 1. The summed E-state index contributed by atoms with van der Waals surface area (Å²) in [6, 6.07) is 2.09. The Balaban J connectivity index is 2.84. The van der Waals surface area contributed by atoms with Crippen molar-refractivity contribution < 1.29 is 18.0 Å². The molecule has 0 saturated heterocycles. The quantitative estimate of drug-likeness (QED) is 0.575. The maximum atomic E-state index is 12.1. The largest absolute Gasteiger partial charge is 0.433 e. The van der Waals surface area contributed by atoms with Crippen LogP contribution in [0.2, 0.25) is 0 Å². The normalized spacial score (nSPS) is 10.8. The van der Waals surface area contributed by atoms with Crippen LogP contribution in [0.15, 0.2) is 18.3 Å². The van der Waals surface area contributed by atoms with Crippen LogP contribution in [0.1, 0.15) is 5.69 Å². The van der Waals surface area contributed by atoms with Crippen LogP contribution in [0.4, 0.5) is 18.9 Å². The van der Waals surface area contributed by atoms with E-state index in [9.17, 15) is 18.0 Å². The summed E-state index contributed by atoms with van der Waals surface area (Å²) in [4.78, 5) is 13.0. The average molecular weight is 205 g/mol. The number of carbonyl (C=O) groups is 1. The first-order valence-corrected chi connectivity index (χ1v) is 3.52. The van der Waals surface area contributed by atoms with Gasteiger partial charge < -0.3 is 0 Å². The number of anilines is 1. The zero-order valence-electron chi connectivity index (χ0n) is 6.80. The highest BCUT2D eigenvalue weighted by molar-refractivity contribution is 5.52. The maximum Gasteiger partial charge on any atom is 0.433 e. The fraction of sp³-hybridized carbons (Fsp3) is 0.143. The first-order chi connectivity index (χ1) is 6.54.